The topological polar surface area (TPSA) is 81.6 Å². The van der Waals surface area contributed by atoms with Crippen molar-refractivity contribution >= 4 is 6.03 Å². The third-order valence-electron chi connectivity index (χ3n) is 3.89. The van der Waals surface area contributed by atoms with E-state index in [1.807, 2.05) is 0 Å². The van der Waals surface area contributed by atoms with Crippen molar-refractivity contribution in [3.63, 3.8) is 0 Å². The van der Waals surface area contributed by atoms with Crippen LogP contribution in [0.25, 0.3) is 0 Å². The van der Waals surface area contributed by atoms with Crippen molar-refractivity contribution < 1.29 is 15.0 Å². The lowest BCUT2D eigenvalue weighted by Gasteiger charge is -2.36. The number of hydrogen-bond acceptors (Lipinski definition) is 3. The summed E-state index contributed by atoms with van der Waals surface area (Å²) in [4.78, 5) is 11.7. The third kappa shape index (κ3) is 4.46. The summed E-state index contributed by atoms with van der Waals surface area (Å²) in [5, 5.41) is 23.4. The number of carbonyl (C=O) groups is 1. The molecule has 1 aliphatic carbocycles. The third-order valence-corrected chi connectivity index (χ3v) is 3.89. The zero-order chi connectivity index (χ0) is 13.5. The maximum Gasteiger partial charge on any atom is 0.315 e. The normalized spacial score (nSPS) is 29.7. The van der Waals surface area contributed by atoms with Crippen molar-refractivity contribution in [1.29, 1.82) is 0 Å². The number of aliphatic hydroxyl groups excluding tert-OH is 2. The first kappa shape index (κ1) is 15.2. The molecule has 1 rings (SSSR count). The molecule has 0 aromatic carbocycles. The monoisotopic (exact) mass is 258 g/mol. The predicted octanol–water partition coefficient (Wildman–Crippen LogP) is 0.854. The number of amides is 2. The number of hydrogen-bond donors (Lipinski definition) is 4. The SMILES string of the molecule is CCC1CCCC(C)C1NC(=O)NCC(O)CO. The second-order valence-electron chi connectivity index (χ2n) is 5.29. The Morgan fingerprint density at radius 2 is 2.17 bits per heavy atom. The summed E-state index contributed by atoms with van der Waals surface area (Å²) in [6, 6.07) is -0.0327. The van der Waals surface area contributed by atoms with Gasteiger partial charge in [-0.15, -0.1) is 0 Å². The minimum absolute atomic E-state index is 0.0836. The fraction of sp³-hybridized carbons (Fsp3) is 0.923. The molecule has 0 heterocycles. The van der Waals surface area contributed by atoms with Crippen molar-refractivity contribution in [3.8, 4) is 0 Å². The number of aliphatic hydroxyl groups is 2. The van der Waals surface area contributed by atoms with E-state index in [1.165, 1.54) is 12.8 Å². The number of nitrogens with one attached hydrogen (secondary N) is 2. The summed E-state index contributed by atoms with van der Waals surface area (Å²) in [7, 11) is 0. The van der Waals surface area contributed by atoms with Crippen LogP contribution in [-0.2, 0) is 0 Å². The summed E-state index contributed by atoms with van der Waals surface area (Å²) in [6.07, 6.45) is 3.75. The molecular formula is C13H26N2O3. The maximum absolute atomic E-state index is 11.7. The van der Waals surface area contributed by atoms with E-state index in [-0.39, 0.29) is 25.2 Å². The average molecular weight is 258 g/mol. The largest absolute Gasteiger partial charge is 0.394 e. The lowest BCUT2D eigenvalue weighted by atomic mass is 9.76. The molecule has 0 spiro atoms. The van der Waals surface area contributed by atoms with Gasteiger partial charge in [0.2, 0.25) is 0 Å². The van der Waals surface area contributed by atoms with Crippen LogP contribution in [0, 0.1) is 11.8 Å². The van der Waals surface area contributed by atoms with E-state index in [0.29, 0.717) is 11.8 Å². The van der Waals surface area contributed by atoms with Crippen LogP contribution >= 0.6 is 0 Å². The molecule has 1 aliphatic rings. The molecule has 4 atom stereocenters. The molecule has 106 valence electrons. The second kappa shape index (κ2) is 7.59. The summed E-state index contributed by atoms with van der Waals surface area (Å²) < 4.78 is 0. The highest BCUT2D eigenvalue weighted by Crippen LogP contribution is 2.31. The van der Waals surface area contributed by atoms with Crippen LogP contribution in [0.15, 0.2) is 0 Å². The average Bonchev–Trinajstić information content (AvgIpc) is 2.38. The van der Waals surface area contributed by atoms with Gasteiger partial charge in [0.25, 0.3) is 0 Å². The zero-order valence-electron chi connectivity index (χ0n) is 11.4. The van der Waals surface area contributed by atoms with Gasteiger partial charge in [0.15, 0.2) is 0 Å². The minimum atomic E-state index is -0.887. The highest BCUT2D eigenvalue weighted by molar-refractivity contribution is 5.74. The van der Waals surface area contributed by atoms with E-state index in [0.717, 1.165) is 12.8 Å². The van der Waals surface area contributed by atoms with Crippen molar-refractivity contribution in [2.24, 2.45) is 11.8 Å². The van der Waals surface area contributed by atoms with E-state index < -0.39 is 6.10 Å². The molecule has 1 fully saturated rings. The first-order chi connectivity index (χ1) is 8.58. The molecule has 4 N–H and O–H groups in total. The van der Waals surface area contributed by atoms with E-state index in [1.54, 1.807) is 0 Å². The quantitative estimate of drug-likeness (QED) is 0.590. The molecule has 0 aromatic rings. The first-order valence-corrected chi connectivity index (χ1v) is 6.91. The first-order valence-electron chi connectivity index (χ1n) is 6.91. The molecule has 5 heteroatoms. The fourth-order valence-electron chi connectivity index (χ4n) is 2.72. The Bertz CT molecular complexity index is 261. The minimum Gasteiger partial charge on any atom is -0.394 e. The molecule has 1 saturated carbocycles. The lowest BCUT2D eigenvalue weighted by molar-refractivity contribution is 0.0952. The van der Waals surface area contributed by atoms with E-state index in [2.05, 4.69) is 24.5 Å². The van der Waals surface area contributed by atoms with Gasteiger partial charge in [-0.3, -0.25) is 0 Å². The maximum atomic E-state index is 11.7. The molecule has 0 radical (unpaired) electrons. The molecule has 0 saturated heterocycles. The van der Waals surface area contributed by atoms with Crippen LogP contribution in [0.1, 0.15) is 39.5 Å². The molecule has 2 amide bonds. The van der Waals surface area contributed by atoms with Gasteiger partial charge in [0.05, 0.1) is 12.7 Å². The van der Waals surface area contributed by atoms with Gasteiger partial charge in [0, 0.05) is 12.6 Å². The molecule has 5 nitrogen and oxygen atoms in total. The van der Waals surface area contributed by atoms with E-state index in [9.17, 15) is 9.90 Å². The van der Waals surface area contributed by atoms with Gasteiger partial charge in [-0.05, 0) is 24.7 Å². The van der Waals surface area contributed by atoms with Gasteiger partial charge < -0.3 is 20.8 Å². The number of rotatable bonds is 5. The van der Waals surface area contributed by atoms with Crippen LogP contribution in [0.4, 0.5) is 4.79 Å². The Kier molecular flexibility index (Phi) is 6.43. The van der Waals surface area contributed by atoms with Gasteiger partial charge in [-0.1, -0.05) is 26.7 Å². The van der Waals surface area contributed by atoms with E-state index >= 15 is 0 Å². The Hall–Kier alpha value is -0.810. The predicted molar refractivity (Wildman–Crippen MR) is 70.2 cm³/mol. The Balaban J connectivity index is 2.40. The second-order valence-corrected chi connectivity index (χ2v) is 5.29. The van der Waals surface area contributed by atoms with Crippen molar-refractivity contribution in [3.05, 3.63) is 0 Å². The highest BCUT2D eigenvalue weighted by atomic mass is 16.3. The molecule has 0 aliphatic heterocycles. The molecule has 18 heavy (non-hydrogen) atoms. The number of urea groups is 1. The molecule has 0 aromatic heterocycles. The smallest absolute Gasteiger partial charge is 0.315 e. The Morgan fingerprint density at radius 3 is 2.78 bits per heavy atom. The van der Waals surface area contributed by atoms with Gasteiger partial charge in [-0.2, -0.15) is 0 Å². The zero-order valence-corrected chi connectivity index (χ0v) is 11.4. The molecular weight excluding hydrogens is 232 g/mol. The summed E-state index contributed by atoms with van der Waals surface area (Å²) in [6.45, 7) is 4.08. The van der Waals surface area contributed by atoms with Gasteiger partial charge in [-0.25, -0.2) is 4.79 Å². The van der Waals surface area contributed by atoms with Crippen LogP contribution in [0.5, 0.6) is 0 Å². The summed E-state index contributed by atoms with van der Waals surface area (Å²) >= 11 is 0. The fourth-order valence-corrected chi connectivity index (χ4v) is 2.72. The van der Waals surface area contributed by atoms with Crippen LogP contribution in [0.2, 0.25) is 0 Å². The standard InChI is InChI=1S/C13H26N2O3/c1-3-10-6-4-5-9(2)12(10)15-13(18)14-7-11(17)8-16/h9-12,16-17H,3-8H2,1-2H3,(H2,14,15,18). The summed E-state index contributed by atoms with van der Waals surface area (Å²) in [5.74, 6) is 1.04. The van der Waals surface area contributed by atoms with Crippen LogP contribution in [0.3, 0.4) is 0 Å². The lowest BCUT2D eigenvalue weighted by Crippen LogP contribution is -2.51. The summed E-state index contributed by atoms with van der Waals surface area (Å²) in [5.41, 5.74) is 0. The Morgan fingerprint density at radius 1 is 1.44 bits per heavy atom. The molecule has 4 unspecified atom stereocenters. The molecule has 0 bridgehead atoms. The number of carbonyl (C=O) groups excluding carboxylic acids is 1. The van der Waals surface area contributed by atoms with Crippen LogP contribution < -0.4 is 10.6 Å². The highest BCUT2D eigenvalue weighted by Gasteiger charge is 2.30. The van der Waals surface area contributed by atoms with Crippen LogP contribution in [-0.4, -0.2) is 41.5 Å². The van der Waals surface area contributed by atoms with Crippen molar-refractivity contribution in [2.45, 2.75) is 51.7 Å². The van der Waals surface area contributed by atoms with Crippen molar-refractivity contribution in [2.75, 3.05) is 13.2 Å². The van der Waals surface area contributed by atoms with Gasteiger partial charge >= 0.3 is 6.03 Å². The van der Waals surface area contributed by atoms with Crippen molar-refractivity contribution in [1.82, 2.24) is 10.6 Å². The van der Waals surface area contributed by atoms with Gasteiger partial charge in [0.1, 0.15) is 0 Å². The Labute approximate surface area is 109 Å². The van der Waals surface area contributed by atoms with E-state index in [4.69, 9.17) is 5.11 Å².